The highest BCUT2D eigenvalue weighted by Gasteiger charge is 2.09. The van der Waals surface area contributed by atoms with Gasteiger partial charge in [0, 0.05) is 55.4 Å². The lowest BCUT2D eigenvalue weighted by atomic mass is 10.2. The largest absolute Gasteiger partial charge is 0.476 e. The Balaban J connectivity index is 1.50. The maximum atomic E-state index is 5.67. The van der Waals surface area contributed by atoms with Gasteiger partial charge < -0.3 is 9.47 Å². The summed E-state index contributed by atoms with van der Waals surface area (Å²) in [4.78, 5) is 14.6. The van der Waals surface area contributed by atoms with Gasteiger partial charge in [-0.2, -0.15) is 0 Å². The summed E-state index contributed by atoms with van der Waals surface area (Å²) in [5.41, 5.74) is 1.93. The minimum atomic E-state index is 0.640. The number of hydrogen-bond acceptors (Lipinski definition) is 6. The average Bonchev–Trinajstić information content (AvgIpc) is 2.57. The SMILES string of the molecule is c1ncc(-c2ccc(OCCN3CCOCC3)nc2)cn1. The maximum absolute atomic E-state index is 5.67. The average molecular weight is 286 g/mol. The van der Waals surface area contributed by atoms with E-state index >= 15 is 0 Å². The first-order chi connectivity index (χ1) is 10.4. The fourth-order valence-corrected chi connectivity index (χ4v) is 2.19. The number of ether oxygens (including phenoxy) is 2. The van der Waals surface area contributed by atoms with Crippen LogP contribution >= 0.6 is 0 Å². The topological polar surface area (TPSA) is 60.4 Å². The Hall–Kier alpha value is -2.05. The van der Waals surface area contributed by atoms with Crippen LogP contribution in [0.5, 0.6) is 5.88 Å². The van der Waals surface area contributed by atoms with Gasteiger partial charge in [0.05, 0.1) is 13.2 Å². The van der Waals surface area contributed by atoms with Crippen LogP contribution in [0, 0.1) is 0 Å². The molecule has 21 heavy (non-hydrogen) atoms. The minimum Gasteiger partial charge on any atom is -0.476 e. The molecular weight excluding hydrogens is 268 g/mol. The van der Waals surface area contributed by atoms with E-state index in [4.69, 9.17) is 9.47 Å². The lowest BCUT2D eigenvalue weighted by Gasteiger charge is -2.26. The monoisotopic (exact) mass is 286 g/mol. The molecule has 0 N–H and O–H groups in total. The summed E-state index contributed by atoms with van der Waals surface area (Å²) < 4.78 is 11.0. The van der Waals surface area contributed by atoms with Crippen molar-refractivity contribution in [2.45, 2.75) is 0 Å². The molecule has 0 bridgehead atoms. The maximum Gasteiger partial charge on any atom is 0.213 e. The zero-order valence-electron chi connectivity index (χ0n) is 11.8. The van der Waals surface area contributed by atoms with Crippen molar-refractivity contribution in [2.24, 2.45) is 0 Å². The van der Waals surface area contributed by atoms with Crippen LogP contribution in [0.3, 0.4) is 0 Å². The number of aromatic nitrogens is 3. The second kappa shape index (κ2) is 7.10. The van der Waals surface area contributed by atoms with Gasteiger partial charge in [0.25, 0.3) is 0 Å². The first-order valence-electron chi connectivity index (χ1n) is 7.06. The van der Waals surface area contributed by atoms with Crippen LogP contribution in [0.4, 0.5) is 0 Å². The number of rotatable bonds is 5. The third-order valence-corrected chi connectivity index (χ3v) is 3.39. The van der Waals surface area contributed by atoms with Crippen LogP contribution in [0.25, 0.3) is 11.1 Å². The molecule has 0 atom stereocenters. The van der Waals surface area contributed by atoms with E-state index in [1.54, 1.807) is 18.6 Å². The summed E-state index contributed by atoms with van der Waals surface area (Å²) in [5.74, 6) is 0.642. The van der Waals surface area contributed by atoms with Gasteiger partial charge >= 0.3 is 0 Å². The van der Waals surface area contributed by atoms with Gasteiger partial charge in [-0.1, -0.05) is 0 Å². The van der Waals surface area contributed by atoms with Crippen LogP contribution in [-0.4, -0.2) is 59.3 Å². The van der Waals surface area contributed by atoms with E-state index in [1.165, 1.54) is 6.33 Å². The quantitative estimate of drug-likeness (QED) is 0.824. The zero-order chi connectivity index (χ0) is 14.3. The highest BCUT2D eigenvalue weighted by molar-refractivity contribution is 5.60. The Morgan fingerprint density at radius 3 is 2.57 bits per heavy atom. The van der Waals surface area contributed by atoms with E-state index < -0.39 is 0 Å². The molecule has 6 nitrogen and oxygen atoms in total. The summed E-state index contributed by atoms with van der Waals surface area (Å²) in [5, 5.41) is 0. The third kappa shape index (κ3) is 3.96. The van der Waals surface area contributed by atoms with Crippen molar-refractivity contribution >= 4 is 0 Å². The van der Waals surface area contributed by atoms with Gasteiger partial charge in [0.2, 0.25) is 5.88 Å². The Morgan fingerprint density at radius 1 is 1.05 bits per heavy atom. The van der Waals surface area contributed by atoms with Gasteiger partial charge in [-0.25, -0.2) is 15.0 Å². The summed E-state index contributed by atoms with van der Waals surface area (Å²) >= 11 is 0. The summed E-state index contributed by atoms with van der Waals surface area (Å²) in [6.07, 6.45) is 6.83. The van der Waals surface area contributed by atoms with Crippen molar-refractivity contribution in [1.82, 2.24) is 19.9 Å². The lowest BCUT2D eigenvalue weighted by Crippen LogP contribution is -2.38. The van der Waals surface area contributed by atoms with Crippen molar-refractivity contribution in [3.05, 3.63) is 37.1 Å². The molecule has 1 fully saturated rings. The van der Waals surface area contributed by atoms with Crippen molar-refractivity contribution in [3.8, 4) is 17.0 Å². The van der Waals surface area contributed by atoms with Gasteiger partial charge in [-0.05, 0) is 6.07 Å². The summed E-state index contributed by atoms with van der Waals surface area (Å²) in [6, 6.07) is 3.84. The Kier molecular flexibility index (Phi) is 4.70. The van der Waals surface area contributed by atoms with Crippen LogP contribution in [0.15, 0.2) is 37.1 Å². The molecule has 2 aromatic rings. The standard InChI is InChI=1S/C15H18N4O2/c1-2-15(21-8-5-19-3-6-20-7-4-19)18-11-13(1)14-9-16-12-17-10-14/h1-2,9-12H,3-8H2. The lowest BCUT2D eigenvalue weighted by molar-refractivity contribution is 0.0320. The van der Waals surface area contributed by atoms with E-state index in [0.717, 1.165) is 44.0 Å². The molecule has 110 valence electrons. The smallest absolute Gasteiger partial charge is 0.213 e. The molecule has 1 aliphatic heterocycles. The number of hydrogen-bond donors (Lipinski definition) is 0. The molecule has 0 amide bonds. The van der Waals surface area contributed by atoms with E-state index in [-0.39, 0.29) is 0 Å². The molecular formula is C15H18N4O2. The van der Waals surface area contributed by atoms with Crippen LogP contribution in [0.2, 0.25) is 0 Å². The Bertz CT molecular complexity index is 541. The highest BCUT2D eigenvalue weighted by Crippen LogP contribution is 2.18. The molecule has 3 heterocycles. The summed E-state index contributed by atoms with van der Waals surface area (Å²) in [7, 11) is 0. The van der Waals surface area contributed by atoms with Crippen LogP contribution < -0.4 is 4.74 Å². The molecule has 0 unspecified atom stereocenters. The van der Waals surface area contributed by atoms with Crippen molar-refractivity contribution in [1.29, 1.82) is 0 Å². The van der Waals surface area contributed by atoms with Crippen molar-refractivity contribution < 1.29 is 9.47 Å². The number of pyridine rings is 1. The number of nitrogens with zero attached hydrogens (tertiary/aromatic N) is 4. The van der Waals surface area contributed by atoms with E-state index in [0.29, 0.717) is 12.5 Å². The molecule has 0 radical (unpaired) electrons. The molecule has 0 aromatic carbocycles. The fourth-order valence-electron chi connectivity index (χ4n) is 2.19. The normalized spacial score (nSPS) is 15.8. The Morgan fingerprint density at radius 2 is 1.86 bits per heavy atom. The second-order valence-corrected chi connectivity index (χ2v) is 4.81. The van der Waals surface area contributed by atoms with Crippen LogP contribution in [-0.2, 0) is 4.74 Å². The van der Waals surface area contributed by atoms with Crippen molar-refractivity contribution in [3.63, 3.8) is 0 Å². The van der Waals surface area contributed by atoms with Crippen molar-refractivity contribution in [2.75, 3.05) is 39.5 Å². The van der Waals surface area contributed by atoms with E-state index in [2.05, 4.69) is 19.9 Å². The first kappa shape index (κ1) is 13.9. The van der Waals surface area contributed by atoms with Gasteiger partial charge in [0.1, 0.15) is 12.9 Å². The van der Waals surface area contributed by atoms with E-state index in [1.807, 2.05) is 12.1 Å². The van der Waals surface area contributed by atoms with Gasteiger partial charge in [0.15, 0.2) is 0 Å². The third-order valence-electron chi connectivity index (χ3n) is 3.39. The highest BCUT2D eigenvalue weighted by atomic mass is 16.5. The molecule has 3 rings (SSSR count). The molecule has 6 heteroatoms. The van der Waals surface area contributed by atoms with E-state index in [9.17, 15) is 0 Å². The zero-order valence-corrected chi connectivity index (χ0v) is 11.8. The van der Waals surface area contributed by atoms with Crippen LogP contribution in [0.1, 0.15) is 0 Å². The number of morpholine rings is 1. The summed E-state index contributed by atoms with van der Waals surface area (Å²) in [6.45, 7) is 5.12. The minimum absolute atomic E-state index is 0.640. The molecule has 1 saturated heterocycles. The Labute approximate surface area is 123 Å². The van der Waals surface area contributed by atoms with Gasteiger partial charge in [-0.15, -0.1) is 0 Å². The molecule has 0 aliphatic carbocycles. The molecule has 2 aromatic heterocycles. The predicted molar refractivity (Wildman–Crippen MR) is 78.0 cm³/mol. The fraction of sp³-hybridized carbons (Fsp3) is 0.400. The molecule has 1 aliphatic rings. The van der Waals surface area contributed by atoms with Gasteiger partial charge in [-0.3, -0.25) is 4.90 Å². The first-order valence-corrected chi connectivity index (χ1v) is 7.06. The second-order valence-electron chi connectivity index (χ2n) is 4.81. The predicted octanol–water partition coefficient (Wildman–Crippen LogP) is 1.25. The molecule has 0 spiro atoms. The molecule has 0 saturated carbocycles.